The van der Waals surface area contributed by atoms with Crippen molar-refractivity contribution in [1.82, 2.24) is 25.0 Å². The highest BCUT2D eigenvalue weighted by Gasteiger charge is 2.13. The second kappa shape index (κ2) is 5.56. The van der Waals surface area contributed by atoms with E-state index < -0.39 is 0 Å². The van der Waals surface area contributed by atoms with Gasteiger partial charge >= 0.3 is 0 Å². The SMILES string of the molecule is c1ccc(Cn2c3ccccc3c3ncc(-c4cn[nH]n4)cc32)cc1. The molecule has 2 aromatic carbocycles. The van der Waals surface area contributed by atoms with Crippen molar-refractivity contribution in [2.45, 2.75) is 6.54 Å². The number of pyridine rings is 1. The Morgan fingerprint density at radius 1 is 0.880 bits per heavy atom. The lowest BCUT2D eigenvalue weighted by Gasteiger charge is -2.08. The minimum Gasteiger partial charge on any atom is -0.335 e. The zero-order valence-corrected chi connectivity index (χ0v) is 13.4. The summed E-state index contributed by atoms with van der Waals surface area (Å²) in [5.74, 6) is 0. The first-order valence-corrected chi connectivity index (χ1v) is 8.17. The van der Waals surface area contributed by atoms with E-state index in [1.165, 1.54) is 16.5 Å². The number of rotatable bonds is 3. The van der Waals surface area contributed by atoms with Crippen molar-refractivity contribution in [2.75, 3.05) is 0 Å². The molecule has 0 atom stereocenters. The average Bonchev–Trinajstić information content (AvgIpc) is 3.30. The van der Waals surface area contributed by atoms with Crippen LogP contribution in [0.15, 0.2) is 73.1 Å². The first-order valence-electron chi connectivity index (χ1n) is 8.17. The van der Waals surface area contributed by atoms with Gasteiger partial charge in [0.1, 0.15) is 5.69 Å². The van der Waals surface area contributed by atoms with Gasteiger partial charge in [-0.25, -0.2) is 0 Å². The first kappa shape index (κ1) is 13.9. The van der Waals surface area contributed by atoms with Crippen LogP contribution in [0.5, 0.6) is 0 Å². The molecule has 0 unspecified atom stereocenters. The first-order chi connectivity index (χ1) is 12.4. The Morgan fingerprint density at radius 3 is 2.56 bits per heavy atom. The van der Waals surface area contributed by atoms with Gasteiger partial charge in [-0.2, -0.15) is 15.4 Å². The smallest absolute Gasteiger partial charge is 0.114 e. The number of fused-ring (bicyclic) bond motifs is 3. The van der Waals surface area contributed by atoms with E-state index in [1.54, 1.807) is 6.20 Å². The predicted molar refractivity (Wildman–Crippen MR) is 98.2 cm³/mol. The highest BCUT2D eigenvalue weighted by atomic mass is 15.3. The van der Waals surface area contributed by atoms with Gasteiger partial charge in [-0.3, -0.25) is 4.98 Å². The summed E-state index contributed by atoms with van der Waals surface area (Å²) in [7, 11) is 0. The molecule has 0 radical (unpaired) electrons. The molecule has 3 aromatic heterocycles. The van der Waals surface area contributed by atoms with Crippen molar-refractivity contribution >= 4 is 21.9 Å². The maximum Gasteiger partial charge on any atom is 0.114 e. The Labute approximate surface area is 143 Å². The maximum absolute atomic E-state index is 4.73. The number of aromatic amines is 1. The van der Waals surface area contributed by atoms with Crippen LogP contribution in [0.25, 0.3) is 33.2 Å². The molecule has 5 heteroatoms. The molecule has 0 fully saturated rings. The molecule has 5 aromatic rings. The molecule has 3 heterocycles. The molecule has 0 bridgehead atoms. The molecule has 5 rings (SSSR count). The summed E-state index contributed by atoms with van der Waals surface area (Å²) >= 11 is 0. The van der Waals surface area contributed by atoms with Gasteiger partial charge in [0.25, 0.3) is 0 Å². The average molecular weight is 325 g/mol. The van der Waals surface area contributed by atoms with E-state index in [0.29, 0.717) is 0 Å². The van der Waals surface area contributed by atoms with Crippen molar-refractivity contribution in [3.05, 3.63) is 78.6 Å². The molecular formula is C20H15N5. The monoisotopic (exact) mass is 325 g/mol. The number of nitrogens with one attached hydrogen (secondary N) is 1. The van der Waals surface area contributed by atoms with Crippen LogP contribution in [-0.2, 0) is 6.54 Å². The van der Waals surface area contributed by atoms with Gasteiger partial charge in [-0.1, -0.05) is 48.5 Å². The van der Waals surface area contributed by atoms with E-state index in [4.69, 9.17) is 4.98 Å². The molecule has 0 aliphatic heterocycles. The molecule has 25 heavy (non-hydrogen) atoms. The van der Waals surface area contributed by atoms with Gasteiger partial charge in [0.05, 0.1) is 22.7 Å². The van der Waals surface area contributed by atoms with Crippen LogP contribution in [0.3, 0.4) is 0 Å². The fraction of sp³-hybridized carbons (Fsp3) is 0.0500. The van der Waals surface area contributed by atoms with Crippen molar-refractivity contribution in [3.63, 3.8) is 0 Å². The zero-order chi connectivity index (χ0) is 16.6. The Morgan fingerprint density at radius 2 is 1.72 bits per heavy atom. The zero-order valence-electron chi connectivity index (χ0n) is 13.4. The van der Waals surface area contributed by atoms with Gasteiger partial charge in [-0.05, 0) is 17.7 Å². The summed E-state index contributed by atoms with van der Waals surface area (Å²) in [4.78, 5) is 4.73. The molecule has 0 saturated heterocycles. The number of nitrogens with zero attached hydrogens (tertiary/aromatic N) is 4. The number of hydrogen-bond donors (Lipinski definition) is 1. The Kier molecular flexibility index (Phi) is 3.10. The third-order valence-electron chi connectivity index (χ3n) is 4.50. The quantitative estimate of drug-likeness (QED) is 0.545. The highest BCUT2D eigenvalue weighted by Crippen LogP contribution is 2.30. The predicted octanol–water partition coefficient (Wildman–Crippen LogP) is 4.02. The van der Waals surface area contributed by atoms with Crippen molar-refractivity contribution in [2.24, 2.45) is 0 Å². The number of hydrogen-bond acceptors (Lipinski definition) is 3. The minimum atomic E-state index is 0.797. The van der Waals surface area contributed by atoms with Gasteiger partial charge in [0.2, 0.25) is 0 Å². The van der Waals surface area contributed by atoms with E-state index in [-0.39, 0.29) is 0 Å². The number of benzene rings is 2. The second-order valence-corrected chi connectivity index (χ2v) is 6.04. The van der Waals surface area contributed by atoms with E-state index in [0.717, 1.165) is 28.8 Å². The Bertz CT molecular complexity index is 1160. The van der Waals surface area contributed by atoms with Crippen LogP contribution >= 0.6 is 0 Å². The largest absolute Gasteiger partial charge is 0.335 e. The lowest BCUT2D eigenvalue weighted by Crippen LogP contribution is -1.99. The summed E-state index contributed by atoms with van der Waals surface area (Å²) in [5.41, 5.74) is 6.32. The van der Waals surface area contributed by atoms with Crippen molar-refractivity contribution in [3.8, 4) is 11.3 Å². The van der Waals surface area contributed by atoms with Crippen LogP contribution in [0, 0.1) is 0 Å². The summed E-state index contributed by atoms with van der Waals surface area (Å²) in [6, 6.07) is 21.0. The van der Waals surface area contributed by atoms with Crippen LogP contribution in [-0.4, -0.2) is 25.0 Å². The van der Waals surface area contributed by atoms with Crippen molar-refractivity contribution in [1.29, 1.82) is 0 Å². The van der Waals surface area contributed by atoms with Gasteiger partial charge in [-0.15, -0.1) is 0 Å². The number of H-pyrrole nitrogens is 1. The molecular weight excluding hydrogens is 310 g/mol. The number of para-hydroxylation sites is 1. The number of aromatic nitrogens is 5. The normalized spacial score (nSPS) is 11.4. The maximum atomic E-state index is 4.73. The van der Waals surface area contributed by atoms with Crippen LogP contribution in [0.4, 0.5) is 0 Å². The highest BCUT2D eigenvalue weighted by molar-refractivity contribution is 6.06. The molecule has 1 N–H and O–H groups in total. The standard InChI is InChI=1S/C20H15N5/c1-2-6-14(7-3-1)13-25-18-9-5-4-8-16(18)20-19(25)10-15(11-21-20)17-12-22-24-23-17/h1-12H,13H2,(H,22,23,24). The van der Waals surface area contributed by atoms with E-state index in [9.17, 15) is 0 Å². The third kappa shape index (κ3) is 2.29. The summed E-state index contributed by atoms with van der Waals surface area (Å²) in [6.07, 6.45) is 3.58. The lowest BCUT2D eigenvalue weighted by molar-refractivity contribution is 0.868. The molecule has 5 nitrogen and oxygen atoms in total. The van der Waals surface area contributed by atoms with E-state index in [2.05, 4.69) is 74.6 Å². The fourth-order valence-electron chi connectivity index (χ4n) is 3.32. The Balaban J connectivity index is 1.78. The molecule has 120 valence electrons. The summed E-state index contributed by atoms with van der Waals surface area (Å²) < 4.78 is 2.32. The summed E-state index contributed by atoms with van der Waals surface area (Å²) in [6.45, 7) is 0.800. The van der Waals surface area contributed by atoms with Gasteiger partial charge in [0.15, 0.2) is 0 Å². The molecule has 0 aliphatic rings. The van der Waals surface area contributed by atoms with Gasteiger partial charge < -0.3 is 4.57 Å². The third-order valence-corrected chi connectivity index (χ3v) is 4.50. The van der Waals surface area contributed by atoms with Crippen LogP contribution in [0.2, 0.25) is 0 Å². The molecule has 0 saturated carbocycles. The topological polar surface area (TPSA) is 59.4 Å². The molecule has 0 aliphatic carbocycles. The van der Waals surface area contributed by atoms with E-state index in [1.807, 2.05) is 12.3 Å². The van der Waals surface area contributed by atoms with Crippen LogP contribution in [0.1, 0.15) is 5.56 Å². The van der Waals surface area contributed by atoms with Gasteiger partial charge in [0, 0.05) is 23.7 Å². The Hall–Kier alpha value is -3.47. The van der Waals surface area contributed by atoms with E-state index >= 15 is 0 Å². The molecule has 0 amide bonds. The molecule has 0 spiro atoms. The van der Waals surface area contributed by atoms with Crippen LogP contribution < -0.4 is 0 Å². The minimum absolute atomic E-state index is 0.797. The fourth-order valence-corrected chi connectivity index (χ4v) is 3.32. The summed E-state index contributed by atoms with van der Waals surface area (Å²) in [5, 5.41) is 11.9. The van der Waals surface area contributed by atoms with Crippen molar-refractivity contribution < 1.29 is 0 Å². The lowest BCUT2D eigenvalue weighted by atomic mass is 10.2. The second-order valence-electron chi connectivity index (χ2n) is 6.04.